The third kappa shape index (κ3) is 6.11. The van der Waals surface area contributed by atoms with Gasteiger partial charge in [0.05, 0.1) is 18.8 Å². The Morgan fingerprint density at radius 3 is 2.00 bits per heavy atom. The van der Waals surface area contributed by atoms with Gasteiger partial charge in [0.25, 0.3) is 8.32 Å². The van der Waals surface area contributed by atoms with Crippen LogP contribution < -0.4 is 10.4 Å². The van der Waals surface area contributed by atoms with E-state index in [0.717, 1.165) is 0 Å². The lowest BCUT2D eigenvalue weighted by Gasteiger charge is -2.49. The Labute approximate surface area is 240 Å². The van der Waals surface area contributed by atoms with Crippen LogP contribution in [-0.2, 0) is 30.0 Å². The fourth-order valence-electron chi connectivity index (χ4n) is 6.12. The first kappa shape index (κ1) is 29.1. The second-order valence-electron chi connectivity index (χ2n) is 11.7. The summed E-state index contributed by atoms with van der Waals surface area (Å²) < 4.78 is 26.2. The maximum Gasteiger partial charge on any atom is 0.261 e. The van der Waals surface area contributed by atoms with Gasteiger partial charge in [0.15, 0.2) is 12.6 Å². The van der Waals surface area contributed by atoms with Gasteiger partial charge in [0, 0.05) is 19.6 Å². The van der Waals surface area contributed by atoms with E-state index in [9.17, 15) is 0 Å². The molecule has 40 heavy (non-hydrogen) atoms. The van der Waals surface area contributed by atoms with Crippen molar-refractivity contribution in [2.24, 2.45) is 0 Å². The van der Waals surface area contributed by atoms with Gasteiger partial charge in [-0.15, -0.1) is 0 Å². The Morgan fingerprint density at radius 1 is 0.875 bits per heavy atom. The SMILES string of the molecule is CCO[C@@H]1C[C@@H]([C@@H]2O[C@H](C)OC[C@H]2O[Si](c2ccccc2)(c2ccccc2)C(C)(C)C)N(Cc2ccccc2)O1. The summed E-state index contributed by atoms with van der Waals surface area (Å²) in [5.41, 5.74) is 1.18. The maximum atomic E-state index is 7.55. The van der Waals surface area contributed by atoms with Crippen molar-refractivity contribution in [3.8, 4) is 0 Å². The number of ether oxygens (including phenoxy) is 3. The topological polar surface area (TPSA) is 49.4 Å². The summed E-state index contributed by atoms with van der Waals surface area (Å²) in [4.78, 5) is 6.37. The molecule has 5 atom stereocenters. The van der Waals surface area contributed by atoms with E-state index < -0.39 is 8.32 Å². The van der Waals surface area contributed by atoms with Crippen molar-refractivity contribution in [2.45, 2.75) is 83.5 Å². The van der Waals surface area contributed by atoms with Crippen LogP contribution in [0.5, 0.6) is 0 Å². The predicted molar refractivity (Wildman–Crippen MR) is 160 cm³/mol. The molecule has 2 aliphatic heterocycles. The summed E-state index contributed by atoms with van der Waals surface area (Å²) in [6.45, 7) is 12.5. The molecule has 2 heterocycles. The predicted octanol–water partition coefficient (Wildman–Crippen LogP) is 5.26. The molecule has 3 aromatic carbocycles. The zero-order chi connectivity index (χ0) is 28.2. The van der Waals surface area contributed by atoms with Gasteiger partial charge in [-0.25, -0.2) is 0 Å². The van der Waals surface area contributed by atoms with Crippen molar-refractivity contribution in [1.82, 2.24) is 5.06 Å². The molecule has 0 saturated carbocycles. The van der Waals surface area contributed by atoms with Gasteiger partial charge in [-0.2, -0.15) is 5.06 Å². The fraction of sp³-hybridized carbons (Fsp3) is 0.455. The van der Waals surface area contributed by atoms with E-state index in [1.54, 1.807) is 0 Å². The molecular weight excluding hydrogens is 518 g/mol. The van der Waals surface area contributed by atoms with E-state index in [2.05, 4.69) is 106 Å². The van der Waals surface area contributed by atoms with E-state index in [1.165, 1.54) is 15.9 Å². The van der Waals surface area contributed by atoms with E-state index in [-0.39, 0.29) is 35.9 Å². The van der Waals surface area contributed by atoms with Crippen molar-refractivity contribution in [1.29, 1.82) is 0 Å². The van der Waals surface area contributed by atoms with E-state index >= 15 is 0 Å². The number of rotatable bonds is 9. The Hall–Kier alpha value is -2.36. The standard InChI is InChI=1S/C33H43NO5Si/c1-6-35-31-22-29(34(38-31)23-26-16-10-7-11-17-26)32-30(24-36-25(2)37-32)39-40(33(3,4)5,27-18-12-8-13-19-27)28-20-14-9-15-21-28/h7-21,25,29-32H,6,22-24H2,1-5H3/t25-,29+,30-,31+,32+/m1/s1. The minimum atomic E-state index is -2.83. The average molecular weight is 562 g/mol. The van der Waals surface area contributed by atoms with Crippen LogP contribution in [0.4, 0.5) is 0 Å². The summed E-state index contributed by atoms with van der Waals surface area (Å²) in [7, 11) is -2.83. The van der Waals surface area contributed by atoms with Crippen LogP contribution in [0.1, 0.15) is 46.6 Å². The van der Waals surface area contributed by atoms with Crippen LogP contribution in [0, 0.1) is 0 Å². The molecule has 0 unspecified atom stereocenters. The summed E-state index contributed by atoms with van der Waals surface area (Å²) in [5, 5.41) is 4.36. The highest BCUT2D eigenvalue weighted by Crippen LogP contribution is 2.40. The highest BCUT2D eigenvalue weighted by Gasteiger charge is 2.55. The zero-order valence-electron chi connectivity index (χ0n) is 24.4. The Kier molecular flexibility index (Phi) is 9.22. The van der Waals surface area contributed by atoms with Gasteiger partial charge in [-0.05, 0) is 34.8 Å². The lowest BCUT2D eigenvalue weighted by molar-refractivity contribution is -0.283. The molecule has 0 spiro atoms. The Bertz CT molecular complexity index is 1150. The van der Waals surface area contributed by atoms with Crippen LogP contribution in [0.15, 0.2) is 91.0 Å². The first-order valence-corrected chi connectivity index (χ1v) is 16.4. The average Bonchev–Trinajstić information content (AvgIpc) is 3.35. The molecule has 7 heteroatoms. The Balaban J connectivity index is 1.54. The lowest BCUT2D eigenvalue weighted by atomic mass is 10.0. The fourth-order valence-corrected chi connectivity index (χ4v) is 10.8. The summed E-state index contributed by atoms with van der Waals surface area (Å²) in [6, 6.07) is 31.8. The molecule has 6 nitrogen and oxygen atoms in total. The number of nitrogens with zero attached hydrogens (tertiary/aromatic N) is 1. The largest absolute Gasteiger partial charge is 0.399 e. The first-order valence-electron chi connectivity index (χ1n) is 14.5. The van der Waals surface area contributed by atoms with Crippen LogP contribution >= 0.6 is 0 Å². The van der Waals surface area contributed by atoms with Gasteiger partial charge in [-0.1, -0.05) is 112 Å². The quantitative estimate of drug-likeness (QED) is 0.332. The molecule has 0 aliphatic carbocycles. The monoisotopic (exact) mass is 561 g/mol. The normalized spacial score (nSPS) is 26.2. The molecule has 2 aliphatic rings. The molecule has 3 aromatic rings. The first-order chi connectivity index (χ1) is 19.3. The second-order valence-corrected chi connectivity index (χ2v) is 15.9. The smallest absolute Gasteiger partial charge is 0.261 e. The second kappa shape index (κ2) is 12.7. The van der Waals surface area contributed by atoms with Crippen LogP contribution in [0.3, 0.4) is 0 Å². The molecule has 0 N–H and O–H groups in total. The van der Waals surface area contributed by atoms with Gasteiger partial charge in [0.1, 0.15) is 6.10 Å². The van der Waals surface area contributed by atoms with E-state index in [1.807, 2.05) is 25.0 Å². The number of hydroxylamine groups is 2. The maximum absolute atomic E-state index is 7.55. The molecule has 5 rings (SSSR count). The van der Waals surface area contributed by atoms with Crippen LogP contribution in [0.25, 0.3) is 0 Å². The number of hydrogen-bond acceptors (Lipinski definition) is 6. The number of hydrogen-bond donors (Lipinski definition) is 0. The van der Waals surface area contributed by atoms with Crippen LogP contribution in [0.2, 0.25) is 5.04 Å². The van der Waals surface area contributed by atoms with Crippen molar-refractivity contribution in [3.05, 3.63) is 96.6 Å². The number of benzene rings is 3. The van der Waals surface area contributed by atoms with Crippen LogP contribution in [-0.4, -0.2) is 57.4 Å². The lowest BCUT2D eigenvalue weighted by Crippen LogP contribution is -2.70. The summed E-state index contributed by atoms with van der Waals surface area (Å²) in [6.07, 6.45) is -0.532. The van der Waals surface area contributed by atoms with Gasteiger partial charge >= 0.3 is 0 Å². The Morgan fingerprint density at radius 2 is 1.45 bits per heavy atom. The molecule has 214 valence electrons. The molecule has 2 saturated heterocycles. The zero-order valence-corrected chi connectivity index (χ0v) is 25.4. The molecule has 0 amide bonds. The highest BCUT2D eigenvalue weighted by atomic mass is 28.4. The third-order valence-corrected chi connectivity index (χ3v) is 13.0. The minimum absolute atomic E-state index is 0.0636. The third-order valence-electron chi connectivity index (χ3n) is 7.93. The minimum Gasteiger partial charge on any atom is -0.399 e. The van der Waals surface area contributed by atoms with E-state index in [0.29, 0.717) is 26.2 Å². The van der Waals surface area contributed by atoms with Crippen molar-refractivity contribution < 1.29 is 23.5 Å². The molecule has 0 bridgehead atoms. The van der Waals surface area contributed by atoms with E-state index in [4.69, 9.17) is 23.5 Å². The van der Waals surface area contributed by atoms with Gasteiger partial charge in [0.2, 0.25) is 0 Å². The summed E-state index contributed by atoms with van der Waals surface area (Å²) >= 11 is 0. The van der Waals surface area contributed by atoms with Gasteiger partial charge < -0.3 is 18.6 Å². The van der Waals surface area contributed by atoms with Crippen molar-refractivity contribution in [2.75, 3.05) is 13.2 Å². The molecule has 0 aromatic heterocycles. The van der Waals surface area contributed by atoms with Gasteiger partial charge in [-0.3, -0.25) is 4.84 Å². The molecule has 2 fully saturated rings. The summed E-state index contributed by atoms with van der Waals surface area (Å²) in [5.74, 6) is 0. The highest BCUT2D eigenvalue weighted by molar-refractivity contribution is 6.99. The van der Waals surface area contributed by atoms with Crippen molar-refractivity contribution >= 4 is 18.7 Å². The van der Waals surface area contributed by atoms with Crippen molar-refractivity contribution in [3.63, 3.8) is 0 Å². The molecular formula is C33H43NO5Si. The molecule has 0 radical (unpaired) electrons.